The molecule has 2 unspecified atom stereocenters. The number of ether oxygens (including phenoxy) is 1. The van der Waals surface area contributed by atoms with Crippen LogP contribution in [-0.2, 0) is 11.3 Å². The Morgan fingerprint density at radius 2 is 1.82 bits per heavy atom. The minimum atomic E-state index is -0.149. The summed E-state index contributed by atoms with van der Waals surface area (Å²) in [6.45, 7) is 4.30. The maximum absolute atomic E-state index is 13.0. The number of carbonyl (C=O) groups excluding carboxylic acids is 1. The van der Waals surface area contributed by atoms with Crippen molar-refractivity contribution in [2.45, 2.75) is 32.6 Å². The minimum Gasteiger partial charge on any atom is -0.384 e. The van der Waals surface area contributed by atoms with E-state index in [0.29, 0.717) is 17.9 Å². The number of aromatic nitrogens is 1. The number of nitrogens with two attached hydrogens (primary N) is 1. The Morgan fingerprint density at radius 1 is 1.06 bits per heavy atom. The lowest BCUT2D eigenvalue weighted by Gasteiger charge is -2.18. The van der Waals surface area contributed by atoms with Crippen molar-refractivity contribution >= 4 is 17.3 Å². The summed E-state index contributed by atoms with van der Waals surface area (Å²) >= 11 is 0. The molecule has 2 aliphatic heterocycles. The van der Waals surface area contributed by atoms with Gasteiger partial charge >= 0.3 is 0 Å². The first-order valence-corrected chi connectivity index (χ1v) is 11.4. The molecule has 3 aliphatic rings. The number of allylic oxidation sites excluding steroid dienone is 6. The number of nitrogens with zero attached hydrogens (tertiary/aromatic N) is 1. The summed E-state index contributed by atoms with van der Waals surface area (Å²) in [6.07, 6.45) is 10.8. The lowest BCUT2D eigenvalue weighted by Crippen LogP contribution is -2.24. The van der Waals surface area contributed by atoms with E-state index < -0.39 is 0 Å². The normalized spacial score (nSPS) is 18.8. The zero-order valence-electron chi connectivity index (χ0n) is 19.1. The zero-order chi connectivity index (χ0) is 23.4. The van der Waals surface area contributed by atoms with Gasteiger partial charge in [0.05, 0.1) is 17.7 Å². The molecule has 0 radical (unpaired) electrons. The molecule has 1 amide bonds. The predicted octanol–water partition coefficient (Wildman–Crippen LogP) is 5.05. The van der Waals surface area contributed by atoms with Gasteiger partial charge in [-0.05, 0) is 71.5 Å². The Bertz CT molecular complexity index is 1420. The second-order valence-corrected chi connectivity index (χ2v) is 8.98. The molecule has 0 saturated heterocycles. The van der Waals surface area contributed by atoms with Crippen molar-refractivity contribution in [2.24, 2.45) is 0 Å². The maximum Gasteiger partial charge on any atom is 0.251 e. The summed E-state index contributed by atoms with van der Waals surface area (Å²) < 4.78 is 6.35. The van der Waals surface area contributed by atoms with Crippen molar-refractivity contribution in [3.63, 3.8) is 0 Å². The Labute approximate surface area is 198 Å². The van der Waals surface area contributed by atoms with Gasteiger partial charge in [0.25, 0.3) is 5.91 Å². The van der Waals surface area contributed by atoms with Gasteiger partial charge in [-0.2, -0.15) is 0 Å². The lowest BCUT2D eigenvalue weighted by molar-refractivity contribution is 0.0857. The number of fused-ring (bicyclic) bond motifs is 8. The highest BCUT2D eigenvalue weighted by molar-refractivity contribution is 5.94. The van der Waals surface area contributed by atoms with Gasteiger partial charge in [0.1, 0.15) is 30.2 Å². The highest BCUT2D eigenvalue weighted by atomic mass is 16.5. The van der Waals surface area contributed by atoms with E-state index in [-0.39, 0.29) is 18.1 Å². The number of hydrogen-bond acceptors (Lipinski definition) is 4. The molecule has 2 aromatic carbocycles. The zero-order valence-corrected chi connectivity index (χ0v) is 19.1. The van der Waals surface area contributed by atoms with Crippen LogP contribution < -0.4 is 11.1 Å². The van der Waals surface area contributed by atoms with E-state index in [1.54, 1.807) is 0 Å². The predicted molar refractivity (Wildman–Crippen MR) is 132 cm³/mol. The molecule has 3 aromatic rings. The van der Waals surface area contributed by atoms with E-state index in [4.69, 9.17) is 10.5 Å². The van der Waals surface area contributed by atoms with Crippen molar-refractivity contribution in [3.05, 3.63) is 123 Å². The molecule has 6 rings (SSSR count). The van der Waals surface area contributed by atoms with Crippen molar-refractivity contribution in [1.29, 1.82) is 0 Å². The fourth-order valence-corrected chi connectivity index (χ4v) is 5.17. The molecule has 34 heavy (non-hydrogen) atoms. The lowest BCUT2D eigenvalue weighted by atomic mass is 9.83. The molecule has 2 atom stereocenters. The molecule has 1 aromatic heterocycles. The van der Waals surface area contributed by atoms with Gasteiger partial charge in [-0.15, -0.1) is 0 Å². The van der Waals surface area contributed by atoms with Gasteiger partial charge in [-0.25, -0.2) is 4.98 Å². The average molecular weight is 447 g/mol. The Balaban J connectivity index is 1.26. The number of nitrogens with one attached hydrogen (secondary N) is 1. The van der Waals surface area contributed by atoms with Gasteiger partial charge in [0.2, 0.25) is 0 Å². The molecular weight excluding hydrogens is 422 g/mol. The van der Waals surface area contributed by atoms with Crippen LogP contribution in [0.25, 0.3) is 5.57 Å². The number of benzene rings is 2. The van der Waals surface area contributed by atoms with Crippen molar-refractivity contribution < 1.29 is 9.53 Å². The van der Waals surface area contributed by atoms with Crippen LogP contribution >= 0.6 is 0 Å². The third-order valence-electron chi connectivity index (χ3n) is 6.89. The number of nitrogen functional groups attached to an aromatic ring is 1. The molecule has 3 N–H and O–H groups in total. The second kappa shape index (κ2) is 7.77. The fourth-order valence-electron chi connectivity index (χ4n) is 5.17. The first kappa shape index (κ1) is 20.5. The number of rotatable bonds is 4. The Hall–Kier alpha value is -4.05. The van der Waals surface area contributed by atoms with E-state index in [9.17, 15) is 4.79 Å². The van der Waals surface area contributed by atoms with E-state index in [1.807, 2.05) is 50.3 Å². The molecule has 0 spiro atoms. The SMILES string of the molecule is Cc1cc(N)nc(C)c1CNC(=O)c1ccc2c(c1)C1OC2c2ccc(C3=CC=[C+]C=C3)cc21. The summed E-state index contributed by atoms with van der Waals surface area (Å²) in [6, 6.07) is 14.2. The number of carbonyl (C=O) groups is 1. The van der Waals surface area contributed by atoms with Crippen LogP contribution in [0.15, 0.2) is 66.8 Å². The Morgan fingerprint density at radius 3 is 2.59 bits per heavy atom. The van der Waals surface area contributed by atoms with Crippen molar-refractivity contribution in [3.8, 4) is 0 Å². The highest BCUT2D eigenvalue weighted by Gasteiger charge is 2.43. The molecule has 2 bridgehead atoms. The monoisotopic (exact) mass is 446 g/mol. The number of pyridine rings is 1. The van der Waals surface area contributed by atoms with Crippen LogP contribution in [0.5, 0.6) is 0 Å². The summed E-state index contributed by atoms with van der Waals surface area (Å²) in [5.41, 5.74) is 16.2. The highest BCUT2D eigenvalue weighted by Crippen LogP contribution is 2.54. The average Bonchev–Trinajstić information content (AvgIpc) is 3.40. The topological polar surface area (TPSA) is 77.2 Å². The maximum atomic E-state index is 13.0. The summed E-state index contributed by atoms with van der Waals surface area (Å²) in [4.78, 5) is 17.3. The van der Waals surface area contributed by atoms with Crippen LogP contribution in [-0.4, -0.2) is 10.9 Å². The van der Waals surface area contributed by atoms with Crippen LogP contribution in [0.2, 0.25) is 0 Å². The molecule has 1 aliphatic carbocycles. The second-order valence-electron chi connectivity index (χ2n) is 8.98. The first-order chi connectivity index (χ1) is 16.5. The molecule has 5 nitrogen and oxygen atoms in total. The minimum absolute atomic E-state index is 0.0728. The van der Waals surface area contributed by atoms with Gasteiger partial charge in [-0.3, -0.25) is 4.79 Å². The smallest absolute Gasteiger partial charge is 0.251 e. The number of aryl methyl sites for hydroxylation is 2. The quantitative estimate of drug-likeness (QED) is 0.550. The fraction of sp³-hybridized carbons (Fsp3) is 0.172. The van der Waals surface area contributed by atoms with Crippen molar-refractivity contribution in [2.75, 3.05) is 5.73 Å². The summed E-state index contributed by atoms with van der Waals surface area (Å²) in [5, 5.41) is 3.04. The summed E-state index contributed by atoms with van der Waals surface area (Å²) in [5.74, 6) is 0.378. The number of hydrogen-bond donors (Lipinski definition) is 2. The van der Waals surface area contributed by atoms with Crippen molar-refractivity contribution in [1.82, 2.24) is 10.3 Å². The van der Waals surface area contributed by atoms with E-state index >= 15 is 0 Å². The molecular formula is C29H24N3O2+. The first-order valence-electron chi connectivity index (χ1n) is 11.4. The molecule has 0 saturated carbocycles. The van der Waals surface area contributed by atoms with E-state index in [1.165, 1.54) is 11.1 Å². The third kappa shape index (κ3) is 3.26. The van der Waals surface area contributed by atoms with Crippen LogP contribution in [0, 0.1) is 19.9 Å². The van der Waals surface area contributed by atoms with E-state index in [0.717, 1.165) is 39.1 Å². The van der Waals surface area contributed by atoms with Gasteiger partial charge < -0.3 is 15.8 Å². The van der Waals surface area contributed by atoms with Crippen LogP contribution in [0.1, 0.15) is 67.2 Å². The molecule has 3 heterocycles. The standard InChI is InChI=1S/C29H23N3O2/c1-16-12-26(30)32-17(2)25(16)15-31-29(33)20-9-11-22-24(14-20)28-23-13-19(18-6-4-3-5-7-18)8-10-21(23)27(22)34-28/h4-14,27-28H,15H2,1-2H3,(H2-,30,31,32,33)/p+1. The van der Waals surface area contributed by atoms with Gasteiger partial charge in [-0.1, -0.05) is 18.2 Å². The molecule has 0 fully saturated rings. The molecule has 5 heteroatoms. The number of anilines is 1. The largest absolute Gasteiger partial charge is 0.384 e. The molecule has 166 valence electrons. The van der Waals surface area contributed by atoms with Crippen LogP contribution in [0.4, 0.5) is 5.82 Å². The van der Waals surface area contributed by atoms with Crippen LogP contribution in [0.3, 0.4) is 0 Å². The Kier molecular flexibility index (Phi) is 4.70. The third-order valence-corrected chi connectivity index (χ3v) is 6.89. The number of amides is 1. The summed E-state index contributed by atoms with van der Waals surface area (Å²) in [7, 11) is 0. The van der Waals surface area contributed by atoms with E-state index in [2.05, 4.69) is 46.7 Å². The van der Waals surface area contributed by atoms with Gasteiger partial charge in [0, 0.05) is 29.4 Å². The van der Waals surface area contributed by atoms with Gasteiger partial charge in [0.15, 0.2) is 0 Å².